The summed E-state index contributed by atoms with van der Waals surface area (Å²) in [6.07, 6.45) is -4.43. The molecule has 2 saturated heterocycles. The first kappa shape index (κ1) is 27.3. The Morgan fingerprint density at radius 1 is 1.22 bits per heavy atom. The van der Waals surface area contributed by atoms with Gasteiger partial charge in [-0.05, 0) is 13.3 Å². The van der Waals surface area contributed by atoms with Gasteiger partial charge in [-0.2, -0.15) is 18.4 Å². The molecule has 36 heavy (non-hydrogen) atoms. The van der Waals surface area contributed by atoms with Gasteiger partial charge < -0.3 is 34.1 Å². The quantitative estimate of drug-likeness (QED) is 0.455. The summed E-state index contributed by atoms with van der Waals surface area (Å²) in [5, 5.41) is 12.9. The molecule has 1 N–H and O–H groups in total. The number of methoxy groups -OCH3 is 2. The van der Waals surface area contributed by atoms with Crippen molar-refractivity contribution in [2.24, 2.45) is 4.99 Å². The van der Waals surface area contributed by atoms with Crippen LogP contribution in [0.5, 0.6) is 17.2 Å². The third-order valence-electron chi connectivity index (χ3n) is 5.85. The number of rotatable bonds is 6. The second kappa shape index (κ2) is 12.1. The summed E-state index contributed by atoms with van der Waals surface area (Å²) >= 11 is 0. The average Bonchev–Trinajstić information content (AvgIpc) is 3.13. The molecule has 1 aromatic carbocycles. The molecule has 0 spiro atoms. The Bertz CT molecular complexity index is 1010. The summed E-state index contributed by atoms with van der Waals surface area (Å²) in [6, 6.07) is 3.30. The van der Waals surface area contributed by atoms with Gasteiger partial charge in [-0.15, -0.1) is 0 Å². The number of halogens is 3. The van der Waals surface area contributed by atoms with E-state index in [2.05, 4.69) is 10.3 Å². The molecule has 0 saturated carbocycles. The lowest BCUT2D eigenvalue weighted by atomic mass is 10.1. The van der Waals surface area contributed by atoms with Gasteiger partial charge in [0, 0.05) is 45.3 Å². The Kier molecular flexibility index (Phi) is 9.22. The second-order valence-electron chi connectivity index (χ2n) is 8.24. The van der Waals surface area contributed by atoms with Crippen molar-refractivity contribution in [2.45, 2.75) is 25.6 Å². The number of aliphatic imine (C=N–C) groups is 1. The van der Waals surface area contributed by atoms with Gasteiger partial charge in [0.05, 0.1) is 26.5 Å². The summed E-state index contributed by atoms with van der Waals surface area (Å²) < 4.78 is 59.5. The van der Waals surface area contributed by atoms with Gasteiger partial charge >= 0.3 is 6.18 Å². The Morgan fingerprint density at radius 2 is 1.94 bits per heavy atom. The zero-order valence-corrected chi connectivity index (χ0v) is 20.5. The molecule has 2 aliphatic rings. The smallest absolute Gasteiger partial charge is 0.422 e. The lowest BCUT2D eigenvalue weighted by molar-refractivity contribution is -0.153. The number of morpholine rings is 1. The van der Waals surface area contributed by atoms with Gasteiger partial charge in [-0.3, -0.25) is 4.79 Å². The lowest BCUT2D eigenvalue weighted by Crippen LogP contribution is -2.50. The van der Waals surface area contributed by atoms with Crippen molar-refractivity contribution in [3.63, 3.8) is 0 Å². The van der Waals surface area contributed by atoms with Crippen LogP contribution < -0.4 is 19.5 Å². The van der Waals surface area contributed by atoms with E-state index in [-0.39, 0.29) is 28.7 Å². The molecular formula is C23H30F3N5O5. The van der Waals surface area contributed by atoms with Crippen molar-refractivity contribution in [1.82, 2.24) is 15.1 Å². The maximum atomic E-state index is 12.8. The highest BCUT2D eigenvalue weighted by Gasteiger charge is 2.32. The normalized spacial score (nSPS) is 19.4. The van der Waals surface area contributed by atoms with E-state index in [9.17, 15) is 23.2 Å². The molecule has 10 nitrogen and oxygen atoms in total. The van der Waals surface area contributed by atoms with Gasteiger partial charge in [0.1, 0.15) is 23.6 Å². The van der Waals surface area contributed by atoms with Gasteiger partial charge in [0.15, 0.2) is 18.1 Å². The topological polar surface area (TPSA) is 109 Å². The number of nitrogens with zero attached hydrogens (tertiary/aromatic N) is 4. The zero-order valence-electron chi connectivity index (χ0n) is 20.5. The zero-order chi connectivity index (χ0) is 26.3. The first-order chi connectivity index (χ1) is 17.2. The fraction of sp³-hybridized carbons (Fsp3) is 0.609. The molecular weight excluding hydrogens is 483 g/mol. The van der Waals surface area contributed by atoms with E-state index < -0.39 is 24.6 Å². The van der Waals surface area contributed by atoms with Gasteiger partial charge in [0.25, 0.3) is 5.91 Å². The number of amides is 1. The van der Waals surface area contributed by atoms with Gasteiger partial charge in [0.2, 0.25) is 5.75 Å². The van der Waals surface area contributed by atoms with Crippen LogP contribution in [0.3, 0.4) is 0 Å². The highest BCUT2D eigenvalue weighted by atomic mass is 19.4. The van der Waals surface area contributed by atoms with Crippen LogP contribution in [0.2, 0.25) is 0 Å². The number of alkyl halides is 3. The molecule has 0 aliphatic carbocycles. The van der Waals surface area contributed by atoms with Crippen LogP contribution in [0.1, 0.15) is 18.9 Å². The van der Waals surface area contributed by atoms with Crippen molar-refractivity contribution < 1.29 is 36.9 Å². The number of carbonyl (C=O) groups is 1. The van der Waals surface area contributed by atoms with Crippen molar-refractivity contribution in [3.05, 3.63) is 11.6 Å². The van der Waals surface area contributed by atoms with E-state index in [0.29, 0.717) is 51.6 Å². The van der Waals surface area contributed by atoms with E-state index in [4.69, 9.17) is 18.9 Å². The molecule has 2 aliphatic heterocycles. The number of ether oxygens (including phenoxy) is 4. The Balaban J connectivity index is 1.83. The molecule has 0 bridgehead atoms. The summed E-state index contributed by atoms with van der Waals surface area (Å²) in [5.41, 5.74) is -0.117. The highest BCUT2D eigenvalue weighted by molar-refractivity contribution is 5.85. The molecule has 0 radical (unpaired) electrons. The molecule has 3 rings (SSSR count). The maximum Gasteiger partial charge on any atom is 0.422 e. The molecule has 1 amide bonds. The predicted octanol–water partition coefficient (Wildman–Crippen LogP) is 2.09. The number of hydrogen-bond donors (Lipinski definition) is 1. The molecule has 198 valence electrons. The van der Waals surface area contributed by atoms with Crippen LogP contribution in [-0.2, 0) is 9.53 Å². The summed E-state index contributed by atoms with van der Waals surface area (Å²) in [5.74, 6) is 0.0336. The Morgan fingerprint density at radius 3 is 2.56 bits per heavy atom. The number of hydrogen-bond acceptors (Lipinski definition) is 8. The first-order valence-corrected chi connectivity index (χ1v) is 11.5. The van der Waals surface area contributed by atoms with Crippen LogP contribution in [0.25, 0.3) is 0 Å². The fourth-order valence-electron chi connectivity index (χ4n) is 4.07. The van der Waals surface area contributed by atoms with E-state index in [0.717, 1.165) is 6.54 Å². The number of nitrogens with one attached hydrogen (secondary N) is 1. The van der Waals surface area contributed by atoms with Gasteiger partial charge in [-0.1, -0.05) is 0 Å². The standard InChI is InChI=1S/C23H30F3N5O5/c1-15(30-6-4-7-31(9-8-30)22(32)19-13-28-5-10-35-19)29-17-11-18(33-2)21(34-3)20(16(17)12-27)36-14-23(24,25)26/h11,19,28H,4-10,13-14H2,1-3H3/b29-15+. The number of amidine groups is 1. The molecule has 2 heterocycles. The number of carbonyl (C=O) groups excluding carboxylic acids is 1. The fourth-order valence-corrected chi connectivity index (χ4v) is 4.07. The van der Waals surface area contributed by atoms with Crippen LogP contribution in [0.15, 0.2) is 11.1 Å². The van der Waals surface area contributed by atoms with E-state index in [1.54, 1.807) is 11.8 Å². The molecule has 1 atom stereocenters. The SMILES string of the molecule is COc1cc(/N=C(\C)N2CCCN(C(=O)C3CNCCO3)CC2)c(C#N)c(OCC(F)(F)F)c1OC. The third-order valence-corrected chi connectivity index (χ3v) is 5.85. The monoisotopic (exact) mass is 513 g/mol. The minimum absolute atomic E-state index is 0.0586. The maximum absolute atomic E-state index is 12.8. The van der Waals surface area contributed by atoms with Crippen LogP contribution >= 0.6 is 0 Å². The average molecular weight is 514 g/mol. The van der Waals surface area contributed by atoms with Crippen molar-refractivity contribution >= 4 is 17.4 Å². The van der Waals surface area contributed by atoms with E-state index in [1.165, 1.54) is 20.3 Å². The van der Waals surface area contributed by atoms with E-state index in [1.807, 2.05) is 11.0 Å². The molecule has 0 aromatic heterocycles. The Labute approximate surface area is 207 Å². The minimum atomic E-state index is -4.62. The summed E-state index contributed by atoms with van der Waals surface area (Å²) in [4.78, 5) is 21.1. The number of nitriles is 1. The highest BCUT2D eigenvalue weighted by Crippen LogP contribution is 2.45. The molecule has 1 unspecified atom stereocenters. The second-order valence-corrected chi connectivity index (χ2v) is 8.24. The first-order valence-electron chi connectivity index (χ1n) is 11.5. The minimum Gasteiger partial charge on any atom is -0.493 e. The predicted molar refractivity (Wildman–Crippen MR) is 124 cm³/mol. The van der Waals surface area contributed by atoms with Crippen LogP contribution in [0.4, 0.5) is 18.9 Å². The summed E-state index contributed by atoms with van der Waals surface area (Å²) in [6.45, 7) is 3.95. The van der Waals surface area contributed by atoms with Crippen LogP contribution in [0, 0.1) is 11.3 Å². The Hall–Kier alpha value is -3.24. The molecule has 1 aromatic rings. The lowest BCUT2D eigenvalue weighted by Gasteiger charge is -2.29. The van der Waals surface area contributed by atoms with Crippen molar-refractivity contribution in [2.75, 3.05) is 66.7 Å². The molecule has 2 fully saturated rings. The largest absolute Gasteiger partial charge is 0.493 e. The van der Waals surface area contributed by atoms with Gasteiger partial charge in [-0.25, -0.2) is 4.99 Å². The summed E-state index contributed by atoms with van der Waals surface area (Å²) in [7, 11) is 2.57. The third kappa shape index (κ3) is 6.70. The van der Waals surface area contributed by atoms with Crippen molar-refractivity contribution in [3.8, 4) is 23.3 Å². The van der Waals surface area contributed by atoms with Crippen LogP contribution in [-0.4, -0.2) is 101 Å². The van der Waals surface area contributed by atoms with E-state index >= 15 is 0 Å². The van der Waals surface area contributed by atoms with Crippen molar-refractivity contribution in [1.29, 1.82) is 5.26 Å². The number of benzene rings is 1. The molecule has 13 heteroatoms.